The van der Waals surface area contributed by atoms with Crippen molar-refractivity contribution in [2.24, 2.45) is 0 Å². The van der Waals surface area contributed by atoms with Gasteiger partial charge in [-0.3, -0.25) is 0 Å². The van der Waals surface area contributed by atoms with Gasteiger partial charge in [-0.2, -0.15) is 0 Å². The molecule has 2 aromatic rings. The molecule has 2 nitrogen and oxygen atoms in total. The van der Waals surface area contributed by atoms with E-state index >= 15 is 0 Å². The molecule has 0 aliphatic rings. The van der Waals surface area contributed by atoms with Gasteiger partial charge in [-0.15, -0.1) is 0 Å². The fourth-order valence-electron chi connectivity index (χ4n) is 1.69. The lowest BCUT2D eigenvalue weighted by Gasteiger charge is -2.12. The van der Waals surface area contributed by atoms with Crippen LogP contribution in [0.4, 0.5) is 4.39 Å². The van der Waals surface area contributed by atoms with Crippen LogP contribution >= 0.6 is 0 Å². The van der Waals surface area contributed by atoms with Crippen LogP contribution in [0.5, 0.6) is 11.5 Å². The number of hydrogen-bond acceptors (Lipinski definition) is 2. The van der Waals surface area contributed by atoms with Crippen molar-refractivity contribution in [1.29, 1.82) is 0 Å². The lowest BCUT2D eigenvalue weighted by molar-refractivity contribution is 0.0507. The third-order valence-electron chi connectivity index (χ3n) is 3.08. The molecule has 0 saturated heterocycles. The molecule has 0 heterocycles. The van der Waals surface area contributed by atoms with Gasteiger partial charge in [0.05, 0.1) is 12.7 Å². The maximum atomic E-state index is 13.8. The third kappa shape index (κ3) is 4.07. The van der Waals surface area contributed by atoms with Gasteiger partial charge < -0.3 is 9.47 Å². The second kappa shape index (κ2) is 7.06. The van der Waals surface area contributed by atoms with Gasteiger partial charge in [0.1, 0.15) is 5.75 Å². The number of rotatable bonds is 6. The van der Waals surface area contributed by atoms with E-state index in [1.54, 1.807) is 24.3 Å². The summed E-state index contributed by atoms with van der Waals surface area (Å²) in [6.45, 7) is 4.55. The Morgan fingerprint density at radius 1 is 1.10 bits per heavy atom. The Labute approximate surface area is 119 Å². The molecule has 0 radical (unpaired) electrons. The van der Waals surface area contributed by atoms with Crippen LogP contribution < -0.4 is 4.74 Å². The first kappa shape index (κ1) is 14.5. The molecule has 106 valence electrons. The summed E-state index contributed by atoms with van der Waals surface area (Å²) >= 11 is 0. The molecule has 0 aromatic heterocycles. The van der Waals surface area contributed by atoms with Crippen LogP contribution in [0.15, 0.2) is 48.5 Å². The highest BCUT2D eigenvalue weighted by Gasteiger charge is 2.07. The van der Waals surface area contributed by atoms with E-state index in [0.29, 0.717) is 12.4 Å². The van der Waals surface area contributed by atoms with Gasteiger partial charge in [0.15, 0.2) is 11.6 Å². The van der Waals surface area contributed by atoms with E-state index in [1.807, 2.05) is 25.1 Å². The quantitative estimate of drug-likeness (QED) is 0.743. The molecule has 2 rings (SSSR count). The lowest BCUT2D eigenvalue weighted by Crippen LogP contribution is -2.06. The van der Waals surface area contributed by atoms with Crippen LogP contribution in [-0.2, 0) is 11.3 Å². The molecule has 1 atom stereocenters. The molecule has 2 aromatic carbocycles. The molecule has 0 saturated carbocycles. The number of para-hydroxylation sites is 1. The predicted molar refractivity (Wildman–Crippen MR) is 77.5 cm³/mol. The van der Waals surface area contributed by atoms with Crippen LogP contribution in [0, 0.1) is 5.82 Å². The fourth-order valence-corrected chi connectivity index (χ4v) is 1.69. The maximum Gasteiger partial charge on any atom is 0.165 e. The maximum absolute atomic E-state index is 13.8. The zero-order chi connectivity index (χ0) is 14.4. The Morgan fingerprint density at radius 3 is 2.55 bits per heavy atom. The highest BCUT2D eigenvalue weighted by Crippen LogP contribution is 2.25. The Hall–Kier alpha value is -1.87. The number of ether oxygens (including phenoxy) is 2. The van der Waals surface area contributed by atoms with Crippen molar-refractivity contribution in [1.82, 2.24) is 0 Å². The summed E-state index contributed by atoms with van der Waals surface area (Å²) in [6, 6.07) is 14.0. The Morgan fingerprint density at radius 2 is 1.85 bits per heavy atom. The second-order valence-electron chi connectivity index (χ2n) is 4.71. The van der Waals surface area contributed by atoms with Gasteiger partial charge >= 0.3 is 0 Å². The molecule has 0 N–H and O–H groups in total. The highest BCUT2D eigenvalue weighted by molar-refractivity contribution is 5.34. The van der Waals surface area contributed by atoms with E-state index in [9.17, 15) is 4.39 Å². The van der Waals surface area contributed by atoms with Crippen molar-refractivity contribution in [3.8, 4) is 11.5 Å². The zero-order valence-corrected chi connectivity index (χ0v) is 11.8. The minimum Gasteiger partial charge on any atom is -0.454 e. The Balaban J connectivity index is 2.08. The summed E-state index contributed by atoms with van der Waals surface area (Å²) in [5.41, 5.74) is 0.901. The number of halogens is 1. The summed E-state index contributed by atoms with van der Waals surface area (Å²) in [4.78, 5) is 0. The first-order valence-electron chi connectivity index (χ1n) is 6.82. The van der Waals surface area contributed by atoms with Crippen molar-refractivity contribution in [3.63, 3.8) is 0 Å². The zero-order valence-electron chi connectivity index (χ0n) is 11.8. The topological polar surface area (TPSA) is 18.5 Å². The summed E-state index contributed by atoms with van der Waals surface area (Å²) in [6.07, 6.45) is 1.15. The second-order valence-corrected chi connectivity index (χ2v) is 4.71. The van der Waals surface area contributed by atoms with Crippen LogP contribution in [0.1, 0.15) is 25.8 Å². The van der Waals surface area contributed by atoms with E-state index in [0.717, 1.165) is 12.0 Å². The normalized spacial score (nSPS) is 12.2. The van der Waals surface area contributed by atoms with E-state index < -0.39 is 0 Å². The summed E-state index contributed by atoms with van der Waals surface area (Å²) < 4.78 is 25.0. The summed E-state index contributed by atoms with van der Waals surface area (Å²) in [7, 11) is 0. The smallest absolute Gasteiger partial charge is 0.165 e. The van der Waals surface area contributed by atoms with Gasteiger partial charge in [0, 0.05) is 0 Å². The van der Waals surface area contributed by atoms with Gasteiger partial charge in [0.25, 0.3) is 0 Å². The van der Waals surface area contributed by atoms with Gasteiger partial charge in [0.2, 0.25) is 0 Å². The first-order valence-corrected chi connectivity index (χ1v) is 6.82. The van der Waals surface area contributed by atoms with Crippen LogP contribution in [0.2, 0.25) is 0 Å². The summed E-state index contributed by atoms with van der Waals surface area (Å²) in [5.74, 6) is 0.467. The van der Waals surface area contributed by atoms with Crippen molar-refractivity contribution >= 4 is 0 Å². The molecule has 0 amide bonds. The van der Waals surface area contributed by atoms with Crippen molar-refractivity contribution in [3.05, 3.63) is 59.9 Å². The van der Waals surface area contributed by atoms with Crippen molar-refractivity contribution in [2.75, 3.05) is 0 Å². The van der Waals surface area contributed by atoms with Crippen LogP contribution in [-0.4, -0.2) is 6.10 Å². The van der Waals surface area contributed by atoms with E-state index in [2.05, 4.69) is 6.92 Å². The monoisotopic (exact) mass is 274 g/mol. The van der Waals surface area contributed by atoms with Gasteiger partial charge in [-0.25, -0.2) is 4.39 Å². The van der Waals surface area contributed by atoms with E-state index in [4.69, 9.17) is 9.47 Å². The highest BCUT2D eigenvalue weighted by atomic mass is 19.1. The molecule has 0 bridgehead atoms. The number of benzene rings is 2. The first-order chi connectivity index (χ1) is 9.69. The molecule has 20 heavy (non-hydrogen) atoms. The van der Waals surface area contributed by atoms with E-state index in [1.165, 1.54) is 6.07 Å². The summed E-state index contributed by atoms with van der Waals surface area (Å²) in [5, 5.41) is 0. The molecule has 3 heteroatoms. The molecular formula is C17H19FO2. The van der Waals surface area contributed by atoms with Crippen LogP contribution in [0.3, 0.4) is 0 Å². The number of hydrogen-bond donors (Lipinski definition) is 0. The van der Waals surface area contributed by atoms with Gasteiger partial charge in [-0.1, -0.05) is 31.2 Å². The van der Waals surface area contributed by atoms with Gasteiger partial charge in [-0.05, 0) is 43.2 Å². The van der Waals surface area contributed by atoms with Crippen LogP contribution in [0.25, 0.3) is 0 Å². The molecule has 1 unspecified atom stereocenters. The minimum atomic E-state index is -0.374. The molecular weight excluding hydrogens is 255 g/mol. The lowest BCUT2D eigenvalue weighted by atomic mass is 10.2. The fraction of sp³-hybridized carbons (Fsp3) is 0.294. The van der Waals surface area contributed by atoms with Crippen molar-refractivity contribution < 1.29 is 13.9 Å². The van der Waals surface area contributed by atoms with Crippen molar-refractivity contribution in [2.45, 2.75) is 33.0 Å². The minimum absolute atomic E-state index is 0.193. The SMILES string of the molecule is CCC(C)OCc1ccc(F)c(Oc2ccccc2)c1. The molecule has 0 aliphatic heterocycles. The molecule has 0 fully saturated rings. The largest absolute Gasteiger partial charge is 0.454 e. The predicted octanol–water partition coefficient (Wildman–Crippen LogP) is 4.93. The Kier molecular flexibility index (Phi) is 5.13. The average molecular weight is 274 g/mol. The molecule has 0 aliphatic carbocycles. The Bertz CT molecular complexity index is 540. The molecule has 0 spiro atoms. The third-order valence-corrected chi connectivity index (χ3v) is 3.08. The average Bonchev–Trinajstić information content (AvgIpc) is 2.48. The van der Waals surface area contributed by atoms with E-state index in [-0.39, 0.29) is 17.7 Å². The standard InChI is InChI=1S/C17H19FO2/c1-3-13(2)19-12-14-9-10-16(18)17(11-14)20-15-7-5-4-6-8-15/h4-11,13H,3,12H2,1-2H3.